The molecule has 0 amide bonds. The van der Waals surface area contributed by atoms with Crippen molar-refractivity contribution < 1.29 is 26.7 Å². The summed E-state index contributed by atoms with van der Waals surface area (Å²) in [4.78, 5) is 4.18. The van der Waals surface area contributed by atoms with Crippen molar-refractivity contribution in [2.24, 2.45) is 0 Å². The van der Waals surface area contributed by atoms with Crippen LogP contribution in [0.5, 0.6) is 5.75 Å². The van der Waals surface area contributed by atoms with Crippen molar-refractivity contribution in [3.63, 3.8) is 0 Å². The number of ether oxygens (including phenoxy) is 1. The Kier molecular flexibility index (Phi) is 5.55. The summed E-state index contributed by atoms with van der Waals surface area (Å²) >= 11 is 0. The van der Waals surface area contributed by atoms with Crippen molar-refractivity contribution in [2.75, 3.05) is 31.1 Å². The maximum atomic E-state index is 13.2. The fraction of sp³-hybridized carbons (Fsp3) is 0.368. The van der Waals surface area contributed by atoms with Gasteiger partial charge in [0.2, 0.25) is 0 Å². The molecule has 0 aromatic heterocycles. The van der Waals surface area contributed by atoms with E-state index in [1.54, 1.807) is 6.07 Å². The van der Waals surface area contributed by atoms with Gasteiger partial charge < -0.3 is 9.64 Å². The lowest BCUT2D eigenvalue weighted by Gasteiger charge is -2.36. The Hall–Kier alpha value is -2.35. The normalized spacial score (nSPS) is 16.4. The molecule has 0 aliphatic carbocycles. The van der Waals surface area contributed by atoms with Gasteiger partial charge in [0, 0.05) is 44.0 Å². The van der Waals surface area contributed by atoms with Crippen LogP contribution in [0.2, 0.25) is 0 Å². The number of hydrogen-bond acceptors (Lipinski definition) is 3. The van der Waals surface area contributed by atoms with E-state index in [0.717, 1.165) is 24.8 Å². The molecule has 1 saturated heterocycles. The van der Waals surface area contributed by atoms with E-state index in [-0.39, 0.29) is 6.54 Å². The van der Waals surface area contributed by atoms with Crippen LogP contribution >= 0.6 is 0 Å². The lowest BCUT2D eigenvalue weighted by atomic mass is 10.1. The lowest BCUT2D eigenvalue weighted by Crippen LogP contribution is -2.46. The van der Waals surface area contributed by atoms with Gasteiger partial charge in [-0.05, 0) is 24.3 Å². The summed E-state index contributed by atoms with van der Waals surface area (Å²) in [5.74, 6) is -0.458. The highest BCUT2D eigenvalue weighted by Crippen LogP contribution is 2.38. The zero-order valence-corrected chi connectivity index (χ0v) is 14.3. The molecule has 3 rings (SSSR count). The number of piperazine rings is 1. The van der Waals surface area contributed by atoms with E-state index in [4.69, 9.17) is 0 Å². The molecule has 0 spiro atoms. The van der Waals surface area contributed by atoms with Crippen LogP contribution < -0.4 is 9.64 Å². The highest BCUT2D eigenvalue weighted by molar-refractivity contribution is 5.46. The summed E-state index contributed by atoms with van der Waals surface area (Å²) in [7, 11) is 0. The number of alkyl halides is 5. The standard InChI is InChI=1S/C19H18F5N2O/c20-18(21,22)19(23,24)27-17-9-5-4-6-15(17)14-25-10-12-26(13-11-25)16-7-2-1-3-8-16/h2-9H,10-14H2. The average Bonchev–Trinajstić information content (AvgIpc) is 2.63. The third-order valence-corrected chi connectivity index (χ3v) is 4.37. The zero-order valence-electron chi connectivity index (χ0n) is 14.3. The summed E-state index contributed by atoms with van der Waals surface area (Å²) in [6.07, 6.45) is -11.0. The van der Waals surface area contributed by atoms with E-state index in [2.05, 4.69) is 15.7 Å². The van der Waals surface area contributed by atoms with Crippen LogP contribution in [0, 0.1) is 6.07 Å². The summed E-state index contributed by atoms with van der Waals surface area (Å²) in [6, 6.07) is 16.1. The Morgan fingerprint density at radius 2 is 1.52 bits per heavy atom. The first-order chi connectivity index (χ1) is 12.8. The van der Waals surface area contributed by atoms with Gasteiger partial charge in [-0.1, -0.05) is 30.3 Å². The fourth-order valence-electron chi connectivity index (χ4n) is 2.92. The summed E-state index contributed by atoms with van der Waals surface area (Å²) < 4.78 is 67.8. The molecule has 1 aliphatic heterocycles. The number of para-hydroxylation sites is 1. The monoisotopic (exact) mass is 385 g/mol. The van der Waals surface area contributed by atoms with Crippen LogP contribution in [-0.2, 0) is 6.54 Å². The molecule has 2 aromatic carbocycles. The molecular weight excluding hydrogens is 367 g/mol. The molecule has 1 heterocycles. The smallest absolute Gasteiger partial charge is 0.425 e. The van der Waals surface area contributed by atoms with E-state index in [1.807, 2.05) is 29.2 Å². The Bertz CT molecular complexity index is 743. The zero-order chi connectivity index (χ0) is 19.5. The molecule has 2 aromatic rings. The third kappa shape index (κ3) is 4.68. The van der Waals surface area contributed by atoms with Crippen LogP contribution in [0.15, 0.2) is 48.5 Å². The van der Waals surface area contributed by atoms with Crippen LogP contribution in [0.3, 0.4) is 0 Å². The van der Waals surface area contributed by atoms with Gasteiger partial charge in [0.05, 0.1) is 0 Å². The predicted molar refractivity (Wildman–Crippen MR) is 90.8 cm³/mol. The molecule has 8 heteroatoms. The Morgan fingerprint density at radius 1 is 0.889 bits per heavy atom. The number of halogens is 5. The maximum absolute atomic E-state index is 13.2. The second-order valence-corrected chi connectivity index (χ2v) is 6.25. The SMILES string of the molecule is FC(F)(F)C(F)(F)Oc1ccccc1CN1CCN(c2cc[c]cc2)CC1. The van der Waals surface area contributed by atoms with E-state index in [0.29, 0.717) is 18.7 Å². The number of hydrogen-bond donors (Lipinski definition) is 0. The minimum atomic E-state index is -5.77. The van der Waals surface area contributed by atoms with Crippen LogP contribution in [0.4, 0.5) is 27.6 Å². The van der Waals surface area contributed by atoms with Crippen LogP contribution in [0.1, 0.15) is 5.56 Å². The van der Waals surface area contributed by atoms with Crippen molar-refractivity contribution in [1.82, 2.24) is 4.90 Å². The van der Waals surface area contributed by atoms with Gasteiger partial charge in [-0.15, -0.1) is 0 Å². The van der Waals surface area contributed by atoms with Gasteiger partial charge in [0.25, 0.3) is 0 Å². The molecule has 1 radical (unpaired) electrons. The largest absolute Gasteiger partial charge is 0.499 e. The second-order valence-electron chi connectivity index (χ2n) is 6.25. The molecule has 0 atom stereocenters. The van der Waals surface area contributed by atoms with Gasteiger partial charge in [0.15, 0.2) is 0 Å². The van der Waals surface area contributed by atoms with Gasteiger partial charge in [0.1, 0.15) is 5.75 Å². The number of anilines is 1. The van der Waals surface area contributed by atoms with Crippen molar-refractivity contribution >= 4 is 5.69 Å². The van der Waals surface area contributed by atoms with E-state index < -0.39 is 18.0 Å². The first kappa shape index (κ1) is 19.4. The van der Waals surface area contributed by atoms with Crippen molar-refractivity contribution in [1.29, 1.82) is 0 Å². The second kappa shape index (κ2) is 7.72. The quantitative estimate of drug-likeness (QED) is 0.712. The molecule has 0 unspecified atom stereocenters. The molecular formula is C19H18F5N2O. The van der Waals surface area contributed by atoms with E-state index >= 15 is 0 Å². The molecule has 0 saturated carbocycles. The highest BCUT2D eigenvalue weighted by Gasteiger charge is 2.61. The topological polar surface area (TPSA) is 15.7 Å². The lowest BCUT2D eigenvalue weighted by molar-refractivity contribution is -0.360. The minimum Gasteiger partial charge on any atom is -0.425 e. The molecule has 0 bridgehead atoms. The Labute approximate surface area is 153 Å². The number of nitrogens with zero attached hydrogens (tertiary/aromatic N) is 2. The van der Waals surface area contributed by atoms with Crippen molar-refractivity contribution in [3.05, 3.63) is 60.2 Å². The highest BCUT2D eigenvalue weighted by atomic mass is 19.4. The molecule has 1 aliphatic rings. The van der Waals surface area contributed by atoms with Gasteiger partial charge >= 0.3 is 12.3 Å². The Balaban J connectivity index is 1.64. The van der Waals surface area contributed by atoms with Crippen molar-refractivity contribution in [2.45, 2.75) is 18.8 Å². The minimum absolute atomic E-state index is 0.237. The third-order valence-electron chi connectivity index (χ3n) is 4.37. The van der Waals surface area contributed by atoms with Gasteiger partial charge in [-0.25, -0.2) is 0 Å². The molecule has 145 valence electrons. The molecule has 0 N–H and O–H groups in total. The van der Waals surface area contributed by atoms with Crippen LogP contribution in [0.25, 0.3) is 0 Å². The van der Waals surface area contributed by atoms with Gasteiger partial charge in [-0.3, -0.25) is 4.90 Å². The maximum Gasteiger partial charge on any atom is 0.499 e. The number of rotatable bonds is 5. The summed E-state index contributed by atoms with van der Waals surface area (Å²) in [6.45, 7) is 3.00. The first-order valence-electron chi connectivity index (χ1n) is 8.41. The summed E-state index contributed by atoms with van der Waals surface area (Å²) in [5.41, 5.74) is 1.37. The number of benzene rings is 2. The predicted octanol–water partition coefficient (Wildman–Crippen LogP) is 4.34. The molecule has 1 fully saturated rings. The van der Waals surface area contributed by atoms with E-state index in [1.165, 1.54) is 12.1 Å². The molecule has 27 heavy (non-hydrogen) atoms. The fourth-order valence-corrected chi connectivity index (χ4v) is 2.92. The molecule has 3 nitrogen and oxygen atoms in total. The average molecular weight is 385 g/mol. The van der Waals surface area contributed by atoms with Crippen molar-refractivity contribution in [3.8, 4) is 5.75 Å². The summed E-state index contributed by atoms with van der Waals surface area (Å²) in [5, 5.41) is 0. The van der Waals surface area contributed by atoms with E-state index in [9.17, 15) is 22.0 Å². The van der Waals surface area contributed by atoms with Gasteiger partial charge in [-0.2, -0.15) is 22.0 Å². The first-order valence-corrected chi connectivity index (χ1v) is 8.41. The Morgan fingerprint density at radius 3 is 2.15 bits per heavy atom. The van der Waals surface area contributed by atoms with Crippen LogP contribution in [-0.4, -0.2) is 43.4 Å².